The second kappa shape index (κ2) is 4.25. The Labute approximate surface area is 85.0 Å². The molecule has 0 aromatic heterocycles. The molecule has 0 aliphatic carbocycles. The molecule has 1 atom stereocenters. The number of carbonyl (C=O) groups is 3. The minimum absolute atomic E-state index is 0.0719. The zero-order chi connectivity index (χ0) is 10.7. The van der Waals surface area contributed by atoms with Crippen LogP contribution in [0.2, 0.25) is 0 Å². The Kier molecular flexibility index (Phi) is 3.26. The van der Waals surface area contributed by atoms with Gasteiger partial charge in [0.15, 0.2) is 0 Å². The number of amides is 2. The lowest BCUT2D eigenvalue weighted by molar-refractivity contribution is -0.196. The van der Waals surface area contributed by atoms with Crippen LogP contribution in [0.25, 0.3) is 0 Å². The number of imide groups is 1. The molecule has 1 aliphatic heterocycles. The number of carbonyl (C=O) groups excluding carboxylic acids is 3. The molecule has 1 rings (SSSR count). The number of rotatable bonds is 3. The van der Waals surface area contributed by atoms with Crippen LogP contribution in [0.4, 0.5) is 0 Å². The van der Waals surface area contributed by atoms with Gasteiger partial charge >= 0.3 is 5.97 Å². The first-order chi connectivity index (χ1) is 6.56. The smallest absolute Gasteiger partial charge is 0.328 e. The monoisotopic (exact) mass is 216 g/mol. The van der Waals surface area contributed by atoms with E-state index in [-0.39, 0.29) is 5.75 Å². The molecule has 14 heavy (non-hydrogen) atoms. The first kappa shape index (κ1) is 10.7. The van der Waals surface area contributed by atoms with Gasteiger partial charge in [-0.3, -0.25) is 9.59 Å². The van der Waals surface area contributed by atoms with Gasteiger partial charge in [-0.05, 0) is 0 Å². The van der Waals surface area contributed by atoms with E-state index in [0.717, 1.165) is 12.2 Å². The molecule has 7 heteroatoms. The number of nitrogens with two attached hydrogens (primary N) is 1. The SMILES string of the molecule is N[C@@H](CS)C(=O)ON1C(=O)C=CC1=O. The molecule has 0 spiro atoms. The molecule has 2 N–H and O–H groups in total. The maximum absolute atomic E-state index is 11.1. The second-order valence-corrected chi connectivity index (χ2v) is 2.87. The summed E-state index contributed by atoms with van der Waals surface area (Å²) in [4.78, 5) is 37.3. The molecular formula is C7H8N2O4S. The predicted molar refractivity (Wildman–Crippen MR) is 48.9 cm³/mol. The zero-order valence-corrected chi connectivity index (χ0v) is 7.94. The summed E-state index contributed by atoms with van der Waals surface area (Å²) in [6.07, 6.45) is 2.00. The van der Waals surface area contributed by atoms with Gasteiger partial charge in [-0.15, -0.1) is 0 Å². The van der Waals surface area contributed by atoms with Crippen LogP contribution in [-0.2, 0) is 19.2 Å². The van der Waals surface area contributed by atoms with Crippen molar-refractivity contribution in [3.8, 4) is 0 Å². The largest absolute Gasteiger partial charge is 0.350 e. The highest BCUT2D eigenvalue weighted by Crippen LogP contribution is 2.05. The van der Waals surface area contributed by atoms with E-state index in [9.17, 15) is 14.4 Å². The van der Waals surface area contributed by atoms with E-state index >= 15 is 0 Å². The van der Waals surface area contributed by atoms with Gasteiger partial charge in [0.05, 0.1) is 0 Å². The summed E-state index contributed by atoms with van der Waals surface area (Å²) in [7, 11) is 0. The Bertz CT molecular complexity index is 297. The molecule has 2 amide bonds. The molecule has 6 nitrogen and oxygen atoms in total. The molecule has 0 fully saturated rings. The van der Waals surface area contributed by atoms with Gasteiger partial charge in [0.1, 0.15) is 6.04 Å². The van der Waals surface area contributed by atoms with Crippen molar-refractivity contribution in [2.45, 2.75) is 6.04 Å². The van der Waals surface area contributed by atoms with Crippen molar-refractivity contribution in [2.24, 2.45) is 5.73 Å². The van der Waals surface area contributed by atoms with Crippen LogP contribution in [0.3, 0.4) is 0 Å². The van der Waals surface area contributed by atoms with Crippen LogP contribution in [0.15, 0.2) is 12.2 Å². The van der Waals surface area contributed by atoms with E-state index in [1.54, 1.807) is 0 Å². The average molecular weight is 216 g/mol. The van der Waals surface area contributed by atoms with Gasteiger partial charge in [0.2, 0.25) is 0 Å². The number of thiol groups is 1. The fraction of sp³-hybridized carbons (Fsp3) is 0.286. The third-order valence-electron chi connectivity index (χ3n) is 1.45. The first-order valence-corrected chi connectivity index (χ1v) is 4.34. The summed E-state index contributed by atoms with van der Waals surface area (Å²) in [5.74, 6) is -2.20. The third-order valence-corrected chi connectivity index (χ3v) is 1.84. The molecule has 0 unspecified atom stereocenters. The van der Waals surface area contributed by atoms with Crippen molar-refractivity contribution in [1.29, 1.82) is 0 Å². The summed E-state index contributed by atoms with van der Waals surface area (Å²) in [5, 5.41) is 0.353. The normalized spacial score (nSPS) is 17.4. The zero-order valence-electron chi connectivity index (χ0n) is 7.04. The van der Waals surface area contributed by atoms with Crippen LogP contribution in [0.5, 0.6) is 0 Å². The minimum Gasteiger partial charge on any atom is -0.328 e. The molecule has 0 radical (unpaired) electrons. The van der Waals surface area contributed by atoms with Gasteiger partial charge in [0, 0.05) is 17.9 Å². The van der Waals surface area contributed by atoms with Crippen molar-refractivity contribution in [2.75, 3.05) is 5.75 Å². The Hall–Kier alpha value is -1.34. The number of hydroxylamine groups is 2. The lowest BCUT2D eigenvalue weighted by atomic mass is 10.4. The van der Waals surface area contributed by atoms with E-state index in [4.69, 9.17) is 5.73 Å². The Morgan fingerprint density at radius 3 is 2.43 bits per heavy atom. The quantitative estimate of drug-likeness (QED) is 0.448. The number of hydrogen-bond donors (Lipinski definition) is 2. The Morgan fingerprint density at radius 2 is 2.00 bits per heavy atom. The maximum atomic E-state index is 11.1. The van der Waals surface area contributed by atoms with Crippen molar-refractivity contribution in [3.63, 3.8) is 0 Å². The standard InChI is InChI=1S/C7H8N2O4S/c8-4(3-14)7(12)13-9-5(10)1-2-6(9)11/h1-2,4,14H,3,8H2/t4-/m0/s1. The topological polar surface area (TPSA) is 89.7 Å². The fourth-order valence-corrected chi connectivity index (χ4v) is 0.858. The van der Waals surface area contributed by atoms with E-state index in [2.05, 4.69) is 17.5 Å². The highest BCUT2D eigenvalue weighted by atomic mass is 32.1. The number of nitrogens with zero attached hydrogens (tertiary/aromatic N) is 1. The lowest BCUT2D eigenvalue weighted by Gasteiger charge is -2.14. The highest BCUT2D eigenvalue weighted by Gasteiger charge is 2.29. The summed E-state index contributed by atoms with van der Waals surface area (Å²) >= 11 is 3.77. The van der Waals surface area contributed by atoms with E-state index in [1.165, 1.54) is 0 Å². The summed E-state index contributed by atoms with van der Waals surface area (Å²) in [6.45, 7) is 0. The molecule has 0 aromatic carbocycles. The predicted octanol–water partition coefficient (Wildman–Crippen LogP) is -1.37. The van der Waals surface area contributed by atoms with Crippen molar-refractivity contribution < 1.29 is 19.2 Å². The van der Waals surface area contributed by atoms with Crippen LogP contribution in [0.1, 0.15) is 0 Å². The molecular weight excluding hydrogens is 208 g/mol. The molecule has 0 bridgehead atoms. The minimum atomic E-state index is -0.959. The Morgan fingerprint density at radius 1 is 1.50 bits per heavy atom. The first-order valence-electron chi connectivity index (χ1n) is 3.70. The molecule has 1 heterocycles. The molecule has 0 aromatic rings. The lowest BCUT2D eigenvalue weighted by Crippen LogP contribution is -2.41. The van der Waals surface area contributed by atoms with E-state index in [1.807, 2.05) is 0 Å². The van der Waals surface area contributed by atoms with Crippen molar-refractivity contribution >= 4 is 30.4 Å². The fourth-order valence-electron chi connectivity index (χ4n) is 0.709. The van der Waals surface area contributed by atoms with Crippen LogP contribution >= 0.6 is 12.6 Å². The molecule has 0 saturated heterocycles. The average Bonchev–Trinajstić information content (AvgIpc) is 2.48. The van der Waals surface area contributed by atoms with Crippen molar-refractivity contribution in [1.82, 2.24) is 5.06 Å². The summed E-state index contributed by atoms with van der Waals surface area (Å²) in [6, 6.07) is -0.959. The van der Waals surface area contributed by atoms with Gasteiger partial charge < -0.3 is 10.6 Å². The van der Waals surface area contributed by atoms with E-state index < -0.39 is 23.8 Å². The second-order valence-electron chi connectivity index (χ2n) is 2.50. The van der Waals surface area contributed by atoms with Gasteiger partial charge in [-0.2, -0.15) is 12.6 Å². The third kappa shape index (κ3) is 2.12. The highest BCUT2D eigenvalue weighted by molar-refractivity contribution is 7.80. The summed E-state index contributed by atoms with van der Waals surface area (Å²) < 4.78 is 0. The number of hydrogen-bond acceptors (Lipinski definition) is 6. The van der Waals surface area contributed by atoms with Crippen LogP contribution < -0.4 is 5.73 Å². The molecule has 76 valence electrons. The molecule has 0 saturated carbocycles. The molecule has 1 aliphatic rings. The maximum Gasteiger partial charge on any atom is 0.350 e. The van der Waals surface area contributed by atoms with Crippen LogP contribution in [0, 0.1) is 0 Å². The Balaban J connectivity index is 2.57. The van der Waals surface area contributed by atoms with E-state index in [0.29, 0.717) is 5.06 Å². The van der Waals surface area contributed by atoms with Gasteiger partial charge in [0.25, 0.3) is 11.8 Å². The van der Waals surface area contributed by atoms with Crippen LogP contribution in [-0.4, -0.2) is 34.6 Å². The summed E-state index contributed by atoms with van der Waals surface area (Å²) in [5.41, 5.74) is 5.26. The van der Waals surface area contributed by atoms with Crippen molar-refractivity contribution in [3.05, 3.63) is 12.2 Å². The van der Waals surface area contributed by atoms with Gasteiger partial charge in [-0.1, -0.05) is 5.06 Å². The van der Waals surface area contributed by atoms with Gasteiger partial charge in [-0.25, -0.2) is 4.79 Å².